The smallest absolute Gasteiger partial charge is 0.307 e. The van der Waals surface area contributed by atoms with Crippen molar-refractivity contribution in [2.45, 2.75) is 0 Å². The van der Waals surface area contributed by atoms with Gasteiger partial charge in [0.15, 0.2) is 0 Å². The Labute approximate surface area is 72.1 Å². The van der Waals surface area contributed by atoms with Gasteiger partial charge in [0.2, 0.25) is 0 Å². The predicted octanol–water partition coefficient (Wildman–Crippen LogP) is 0.0325. The van der Waals surface area contributed by atoms with Crippen LogP contribution in [0, 0.1) is 10.1 Å². The molecule has 1 aromatic heterocycles. The summed E-state index contributed by atoms with van der Waals surface area (Å²) in [5.74, 6) is 0. The SMILES string of the molecule is O=[N+]([O-])c1ccn(NP(=O)(O)O)c1. The quantitative estimate of drug-likeness (QED) is 0.365. The molecule has 1 heterocycles. The first-order valence-electron chi connectivity index (χ1n) is 3.05. The summed E-state index contributed by atoms with van der Waals surface area (Å²) in [5.41, 5.74) is -0.249. The third-order valence-electron chi connectivity index (χ3n) is 1.13. The van der Waals surface area contributed by atoms with Crippen LogP contribution in [0.15, 0.2) is 18.5 Å². The van der Waals surface area contributed by atoms with E-state index in [9.17, 15) is 14.7 Å². The lowest BCUT2D eigenvalue weighted by Crippen LogP contribution is -2.08. The van der Waals surface area contributed by atoms with E-state index in [1.165, 1.54) is 0 Å². The molecule has 0 aliphatic carbocycles. The summed E-state index contributed by atoms with van der Waals surface area (Å²) in [5, 5.41) is 11.9. The largest absolute Gasteiger partial charge is 0.441 e. The first-order valence-corrected chi connectivity index (χ1v) is 4.66. The Morgan fingerprint density at radius 3 is 2.62 bits per heavy atom. The standard InChI is InChI=1S/C4H6N3O5P/c8-7(9)4-1-2-6(3-4)5-13(10,11)12/h1-3H,(H3,5,10,11,12). The average Bonchev–Trinajstić information content (AvgIpc) is 2.31. The van der Waals surface area contributed by atoms with Gasteiger partial charge in [-0.2, -0.15) is 0 Å². The van der Waals surface area contributed by atoms with Gasteiger partial charge >= 0.3 is 7.75 Å². The third kappa shape index (κ3) is 2.86. The Morgan fingerprint density at radius 1 is 1.62 bits per heavy atom. The summed E-state index contributed by atoms with van der Waals surface area (Å²) in [7, 11) is -4.41. The van der Waals surface area contributed by atoms with Crippen molar-refractivity contribution in [3.63, 3.8) is 0 Å². The van der Waals surface area contributed by atoms with Gasteiger partial charge < -0.3 is 9.79 Å². The van der Waals surface area contributed by atoms with Crippen molar-refractivity contribution < 1.29 is 19.3 Å². The van der Waals surface area contributed by atoms with Crippen LogP contribution in [0.5, 0.6) is 0 Å². The molecule has 0 unspecified atom stereocenters. The highest BCUT2D eigenvalue weighted by Gasteiger charge is 2.14. The van der Waals surface area contributed by atoms with Crippen molar-refractivity contribution in [2.75, 3.05) is 5.20 Å². The van der Waals surface area contributed by atoms with Crippen molar-refractivity contribution >= 4 is 13.4 Å². The van der Waals surface area contributed by atoms with Crippen molar-refractivity contribution in [3.05, 3.63) is 28.6 Å². The third-order valence-corrected chi connectivity index (χ3v) is 1.63. The molecule has 72 valence electrons. The number of aromatic nitrogens is 1. The zero-order valence-electron chi connectivity index (χ0n) is 6.19. The Morgan fingerprint density at radius 2 is 2.23 bits per heavy atom. The Hall–Kier alpha value is -1.37. The highest BCUT2D eigenvalue weighted by atomic mass is 31.2. The van der Waals surface area contributed by atoms with Gasteiger partial charge in [-0.05, 0) is 0 Å². The summed E-state index contributed by atoms with van der Waals surface area (Å²) in [6, 6.07) is 1.11. The lowest BCUT2D eigenvalue weighted by atomic mass is 10.6. The lowest BCUT2D eigenvalue weighted by molar-refractivity contribution is -0.384. The second kappa shape index (κ2) is 3.17. The summed E-state index contributed by atoms with van der Waals surface area (Å²) in [6.07, 6.45) is 2.09. The van der Waals surface area contributed by atoms with Gasteiger partial charge in [0.05, 0.1) is 4.92 Å². The molecule has 0 atom stereocenters. The van der Waals surface area contributed by atoms with Gasteiger partial charge in [-0.15, -0.1) is 0 Å². The van der Waals surface area contributed by atoms with Gasteiger partial charge in [-0.1, -0.05) is 0 Å². The molecular formula is C4H6N3O5P. The number of rotatable bonds is 3. The van der Waals surface area contributed by atoms with E-state index in [0.29, 0.717) is 0 Å². The van der Waals surface area contributed by atoms with Crippen LogP contribution in [0.3, 0.4) is 0 Å². The van der Waals surface area contributed by atoms with Crippen molar-refractivity contribution in [2.24, 2.45) is 0 Å². The van der Waals surface area contributed by atoms with Crippen LogP contribution in [0.25, 0.3) is 0 Å². The van der Waals surface area contributed by atoms with Crippen LogP contribution in [0.2, 0.25) is 0 Å². The topological polar surface area (TPSA) is 118 Å². The number of nitrogens with one attached hydrogen (secondary N) is 1. The van der Waals surface area contributed by atoms with E-state index >= 15 is 0 Å². The molecule has 3 N–H and O–H groups in total. The Kier molecular flexibility index (Phi) is 2.37. The molecule has 0 spiro atoms. The molecule has 9 heteroatoms. The molecule has 0 bridgehead atoms. The van der Waals surface area contributed by atoms with Crippen molar-refractivity contribution in [1.82, 2.24) is 4.68 Å². The van der Waals surface area contributed by atoms with Gasteiger partial charge in [0.25, 0.3) is 5.69 Å². The number of nitrogens with zero attached hydrogens (tertiary/aromatic N) is 2. The van der Waals surface area contributed by atoms with Crippen LogP contribution >= 0.6 is 7.75 Å². The minimum Gasteiger partial charge on any atom is -0.307 e. The second-order valence-electron chi connectivity index (χ2n) is 2.18. The average molecular weight is 207 g/mol. The summed E-state index contributed by atoms with van der Waals surface area (Å²) in [6.45, 7) is 0. The summed E-state index contributed by atoms with van der Waals surface area (Å²) in [4.78, 5) is 26.3. The molecular weight excluding hydrogens is 201 g/mol. The lowest BCUT2D eigenvalue weighted by Gasteiger charge is -2.06. The molecule has 0 amide bonds. The summed E-state index contributed by atoms with van der Waals surface area (Å²) < 4.78 is 11.2. The summed E-state index contributed by atoms with van der Waals surface area (Å²) >= 11 is 0. The zero-order chi connectivity index (χ0) is 10.1. The minimum atomic E-state index is -4.41. The van der Waals surface area contributed by atoms with E-state index < -0.39 is 12.7 Å². The number of hydrogen-bond donors (Lipinski definition) is 3. The van der Waals surface area contributed by atoms with Crippen LogP contribution < -0.4 is 5.20 Å². The highest BCUT2D eigenvalue weighted by Crippen LogP contribution is 2.30. The molecule has 0 aliphatic heterocycles. The van der Waals surface area contributed by atoms with E-state index in [0.717, 1.165) is 23.1 Å². The zero-order valence-corrected chi connectivity index (χ0v) is 7.09. The normalized spacial score (nSPS) is 11.2. The second-order valence-corrected chi connectivity index (χ2v) is 3.47. The van der Waals surface area contributed by atoms with Crippen LogP contribution in [-0.4, -0.2) is 19.4 Å². The van der Waals surface area contributed by atoms with Crippen molar-refractivity contribution in [3.8, 4) is 0 Å². The Bertz CT molecular complexity index is 368. The number of nitro groups is 1. The first-order chi connectivity index (χ1) is 5.88. The molecule has 1 aromatic rings. The molecule has 0 aromatic carbocycles. The maximum absolute atomic E-state index is 10.4. The molecule has 0 saturated heterocycles. The molecule has 8 nitrogen and oxygen atoms in total. The van der Waals surface area contributed by atoms with Gasteiger partial charge in [0.1, 0.15) is 6.20 Å². The van der Waals surface area contributed by atoms with Gasteiger partial charge in [-0.3, -0.25) is 14.8 Å². The first kappa shape index (κ1) is 9.72. The highest BCUT2D eigenvalue weighted by molar-refractivity contribution is 7.52. The minimum absolute atomic E-state index is 0.249. The maximum Gasteiger partial charge on any atom is 0.441 e. The van der Waals surface area contributed by atoms with Crippen LogP contribution in [0.4, 0.5) is 5.69 Å². The molecule has 1 rings (SSSR count). The fourth-order valence-corrected chi connectivity index (χ4v) is 1.13. The van der Waals surface area contributed by atoms with Crippen LogP contribution in [-0.2, 0) is 4.57 Å². The van der Waals surface area contributed by atoms with E-state index in [-0.39, 0.29) is 5.69 Å². The van der Waals surface area contributed by atoms with Gasteiger partial charge in [0, 0.05) is 12.3 Å². The molecule has 0 fully saturated rings. The van der Waals surface area contributed by atoms with Crippen molar-refractivity contribution in [1.29, 1.82) is 0 Å². The van der Waals surface area contributed by atoms with E-state index in [2.05, 4.69) is 0 Å². The molecule has 0 aliphatic rings. The monoisotopic (exact) mass is 207 g/mol. The molecule has 13 heavy (non-hydrogen) atoms. The van der Waals surface area contributed by atoms with E-state index in [1.54, 1.807) is 5.20 Å². The fraction of sp³-hybridized carbons (Fsp3) is 0. The molecule has 0 saturated carbocycles. The maximum atomic E-state index is 10.4. The van der Waals surface area contributed by atoms with E-state index in [1.807, 2.05) is 0 Å². The van der Waals surface area contributed by atoms with Crippen LogP contribution in [0.1, 0.15) is 0 Å². The van der Waals surface area contributed by atoms with Gasteiger partial charge in [-0.25, -0.2) is 9.76 Å². The predicted molar refractivity (Wildman–Crippen MR) is 42.5 cm³/mol. The molecule has 0 radical (unpaired) electrons. The van der Waals surface area contributed by atoms with E-state index in [4.69, 9.17) is 9.79 Å². The Balaban J connectivity index is 2.81. The number of hydrogen-bond acceptors (Lipinski definition) is 3. The fourth-order valence-electron chi connectivity index (χ4n) is 0.706.